The van der Waals surface area contributed by atoms with E-state index in [9.17, 15) is 0 Å². The Morgan fingerprint density at radius 3 is 2.56 bits per heavy atom. The Morgan fingerprint density at radius 2 is 1.88 bits per heavy atom. The van der Waals surface area contributed by atoms with Crippen LogP contribution in [0.3, 0.4) is 0 Å². The Morgan fingerprint density at radius 1 is 1.12 bits per heavy atom. The second-order valence-corrected chi connectivity index (χ2v) is 6.67. The molecule has 1 aliphatic rings. The lowest BCUT2D eigenvalue weighted by Crippen LogP contribution is -2.44. The maximum absolute atomic E-state index is 5.70. The monoisotopic (exact) mass is 347 g/mol. The highest BCUT2D eigenvalue weighted by Crippen LogP contribution is 2.40. The first-order valence-corrected chi connectivity index (χ1v) is 9.48. The van der Waals surface area contributed by atoms with E-state index in [2.05, 4.69) is 22.5 Å². The molecule has 0 atom stereocenters. The van der Waals surface area contributed by atoms with Gasteiger partial charge in [-0.25, -0.2) is 0 Å². The number of para-hydroxylation sites is 1. The number of aliphatic imine (C=N–C) groups is 1. The van der Waals surface area contributed by atoms with Gasteiger partial charge in [0.15, 0.2) is 5.96 Å². The Hall–Kier alpha value is -1.75. The molecule has 0 heterocycles. The van der Waals surface area contributed by atoms with E-state index in [0.29, 0.717) is 12.0 Å². The van der Waals surface area contributed by atoms with Gasteiger partial charge >= 0.3 is 0 Å². The summed E-state index contributed by atoms with van der Waals surface area (Å²) in [5.74, 6) is 1.74. The van der Waals surface area contributed by atoms with Crippen molar-refractivity contribution < 1.29 is 9.47 Å². The quantitative estimate of drug-likeness (QED) is 0.388. The molecule has 2 N–H and O–H groups in total. The van der Waals surface area contributed by atoms with Crippen LogP contribution in [-0.4, -0.2) is 45.9 Å². The van der Waals surface area contributed by atoms with Gasteiger partial charge in [0, 0.05) is 26.8 Å². The van der Waals surface area contributed by atoms with Gasteiger partial charge in [-0.05, 0) is 43.7 Å². The minimum Gasteiger partial charge on any atom is -0.492 e. The second kappa shape index (κ2) is 11.0. The van der Waals surface area contributed by atoms with Crippen molar-refractivity contribution in [1.29, 1.82) is 0 Å². The van der Waals surface area contributed by atoms with Crippen LogP contribution in [0.2, 0.25) is 0 Å². The second-order valence-electron chi connectivity index (χ2n) is 6.67. The van der Waals surface area contributed by atoms with E-state index in [0.717, 1.165) is 44.4 Å². The van der Waals surface area contributed by atoms with Crippen LogP contribution in [0.4, 0.5) is 0 Å². The van der Waals surface area contributed by atoms with Crippen LogP contribution in [-0.2, 0) is 4.74 Å². The third-order valence-electron chi connectivity index (χ3n) is 4.91. The van der Waals surface area contributed by atoms with E-state index in [-0.39, 0.29) is 0 Å². The van der Waals surface area contributed by atoms with Crippen LogP contribution in [0.5, 0.6) is 5.75 Å². The Labute approximate surface area is 152 Å². The number of hydrogen-bond donors (Lipinski definition) is 2. The number of rotatable bonds is 10. The van der Waals surface area contributed by atoms with Crippen molar-refractivity contribution in [2.24, 2.45) is 10.4 Å². The van der Waals surface area contributed by atoms with E-state index in [4.69, 9.17) is 9.47 Å². The maximum atomic E-state index is 5.70. The molecule has 5 heteroatoms. The SMILES string of the molecule is CCOCCC1(CNC(=NC)NCCOc2ccccc2)CCCC1. The third-order valence-corrected chi connectivity index (χ3v) is 4.91. The topological polar surface area (TPSA) is 54.9 Å². The number of benzene rings is 1. The summed E-state index contributed by atoms with van der Waals surface area (Å²) in [6.07, 6.45) is 6.33. The number of ether oxygens (including phenoxy) is 2. The molecule has 1 fully saturated rings. The molecule has 1 aliphatic carbocycles. The van der Waals surface area contributed by atoms with E-state index >= 15 is 0 Å². The smallest absolute Gasteiger partial charge is 0.191 e. The average molecular weight is 348 g/mol. The third kappa shape index (κ3) is 6.94. The number of guanidine groups is 1. The van der Waals surface area contributed by atoms with E-state index in [1.807, 2.05) is 37.4 Å². The lowest BCUT2D eigenvalue weighted by atomic mass is 9.83. The fourth-order valence-electron chi connectivity index (χ4n) is 3.42. The fourth-order valence-corrected chi connectivity index (χ4v) is 3.42. The molecule has 5 nitrogen and oxygen atoms in total. The molecule has 1 aromatic carbocycles. The van der Waals surface area contributed by atoms with Gasteiger partial charge in [-0.15, -0.1) is 0 Å². The van der Waals surface area contributed by atoms with Crippen LogP contribution in [0.15, 0.2) is 35.3 Å². The zero-order valence-corrected chi connectivity index (χ0v) is 15.7. The van der Waals surface area contributed by atoms with Gasteiger partial charge in [0.25, 0.3) is 0 Å². The van der Waals surface area contributed by atoms with Crippen LogP contribution in [0.1, 0.15) is 39.0 Å². The van der Waals surface area contributed by atoms with Crippen LogP contribution >= 0.6 is 0 Å². The Bertz CT molecular complexity index is 499. The highest BCUT2D eigenvalue weighted by Gasteiger charge is 2.33. The van der Waals surface area contributed by atoms with Crippen molar-refractivity contribution >= 4 is 5.96 Å². The molecule has 0 radical (unpaired) electrons. The van der Waals surface area contributed by atoms with Crippen molar-refractivity contribution in [2.75, 3.05) is 40.0 Å². The van der Waals surface area contributed by atoms with Crippen molar-refractivity contribution in [3.63, 3.8) is 0 Å². The van der Waals surface area contributed by atoms with Crippen molar-refractivity contribution in [1.82, 2.24) is 10.6 Å². The van der Waals surface area contributed by atoms with E-state index in [1.54, 1.807) is 0 Å². The van der Waals surface area contributed by atoms with Gasteiger partial charge in [0.2, 0.25) is 0 Å². The predicted octanol–water partition coefficient (Wildman–Crippen LogP) is 3.22. The first kappa shape index (κ1) is 19.6. The Kier molecular flexibility index (Phi) is 8.60. The highest BCUT2D eigenvalue weighted by atomic mass is 16.5. The van der Waals surface area contributed by atoms with Crippen molar-refractivity contribution in [3.8, 4) is 5.75 Å². The standard InChI is InChI=1S/C20H33N3O2/c1-3-24-15-13-20(11-7-8-12-20)17-23-19(21-2)22-14-16-25-18-9-5-4-6-10-18/h4-6,9-10H,3,7-8,11-17H2,1-2H3,(H2,21,22,23). The van der Waals surface area contributed by atoms with Crippen LogP contribution in [0, 0.1) is 5.41 Å². The normalized spacial score (nSPS) is 16.6. The highest BCUT2D eigenvalue weighted by molar-refractivity contribution is 5.79. The number of nitrogens with zero attached hydrogens (tertiary/aromatic N) is 1. The summed E-state index contributed by atoms with van der Waals surface area (Å²) in [6, 6.07) is 9.88. The summed E-state index contributed by atoms with van der Waals surface area (Å²) in [4.78, 5) is 4.33. The molecule has 25 heavy (non-hydrogen) atoms. The van der Waals surface area contributed by atoms with Crippen LogP contribution in [0.25, 0.3) is 0 Å². The fraction of sp³-hybridized carbons (Fsp3) is 0.650. The molecule has 140 valence electrons. The summed E-state index contributed by atoms with van der Waals surface area (Å²) in [5.41, 5.74) is 0.354. The number of hydrogen-bond acceptors (Lipinski definition) is 3. The van der Waals surface area contributed by atoms with Crippen LogP contribution < -0.4 is 15.4 Å². The number of nitrogens with one attached hydrogen (secondary N) is 2. The molecular weight excluding hydrogens is 314 g/mol. The molecule has 1 aromatic rings. The Balaban J connectivity index is 1.69. The zero-order valence-electron chi connectivity index (χ0n) is 15.7. The molecule has 2 rings (SSSR count). The van der Waals surface area contributed by atoms with E-state index in [1.165, 1.54) is 25.7 Å². The first-order chi connectivity index (χ1) is 12.3. The van der Waals surface area contributed by atoms with Gasteiger partial charge in [0.1, 0.15) is 12.4 Å². The lowest BCUT2D eigenvalue weighted by molar-refractivity contribution is 0.105. The molecule has 0 aromatic heterocycles. The minimum absolute atomic E-state index is 0.354. The zero-order chi connectivity index (χ0) is 17.8. The molecule has 0 aliphatic heterocycles. The average Bonchev–Trinajstić information content (AvgIpc) is 3.11. The van der Waals surface area contributed by atoms with Crippen molar-refractivity contribution in [2.45, 2.75) is 39.0 Å². The molecule has 0 unspecified atom stereocenters. The largest absolute Gasteiger partial charge is 0.492 e. The summed E-state index contributed by atoms with van der Waals surface area (Å²) in [5, 5.41) is 6.84. The lowest BCUT2D eigenvalue weighted by Gasteiger charge is -2.30. The van der Waals surface area contributed by atoms with E-state index < -0.39 is 0 Å². The minimum atomic E-state index is 0.354. The molecule has 0 amide bonds. The molecular formula is C20H33N3O2. The van der Waals surface area contributed by atoms with Gasteiger partial charge in [-0.3, -0.25) is 4.99 Å². The maximum Gasteiger partial charge on any atom is 0.191 e. The van der Waals surface area contributed by atoms with Gasteiger partial charge in [-0.2, -0.15) is 0 Å². The summed E-state index contributed by atoms with van der Waals surface area (Å²) < 4.78 is 11.3. The summed E-state index contributed by atoms with van der Waals surface area (Å²) >= 11 is 0. The predicted molar refractivity (Wildman–Crippen MR) is 103 cm³/mol. The van der Waals surface area contributed by atoms with Gasteiger partial charge in [0.05, 0.1) is 6.54 Å². The summed E-state index contributed by atoms with van der Waals surface area (Å²) in [7, 11) is 1.81. The molecule has 0 spiro atoms. The molecule has 0 saturated heterocycles. The van der Waals surface area contributed by atoms with Gasteiger partial charge < -0.3 is 20.1 Å². The van der Waals surface area contributed by atoms with Crippen molar-refractivity contribution in [3.05, 3.63) is 30.3 Å². The van der Waals surface area contributed by atoms with Gasteiger partial charge in [-0.1, -0.05) is 31.0 Å². The summed E-state index contributed by atoms with van der Waals surface area (Å²) in [6.45, 7) is 6.01. The molecule has 0 bridgehead atoms. The first-order valence-electron chi connectivity index (χ1n) is 9.48. The molecule has 1 saturated carbocycles.